The van der Waals surface area contributed by atoms with Gasteiger partial charge in [-0.1, -0.05) is 0 Å². The van der Waals surface area contributed by atoms with E-state index in [1.807, 2.05) is 17.0 Å². The van der Waals surface area contributed by atoms with E-state index in [9.17, 15) is 18.3 Å². The van der Waals surface area contributed by atoms with Gasteiger partial charge in [0.2, 0.25) is 0 Å². The van der Waals surface area contributed by atoms with Crippen LogP contribution < -0.4 is 4.90 Å². The molecule has 1 aromatic rings. The fraction of sp³-hybridized carbons (Fsp3) is 0.538. The van der Waals surface area contributed by atoms with Crippen LogP contribution in [0.25, 0.3) is 0 Å². The molecule has 0 spiro atoms. The largest absolute Gasteiger partial charge is 0.508 e. The van der Waals surface area contributed by atoms with Crippen LogP contribution in [-0.2, 0) is 0 Å². The third-order valence-electron chi connectivity index (χ3n) is 3.30. The summed E-state index contributed by atoms with van der Waals surface area (Å²) in [7, 11) is 0. The summed E-state index contributed by atoms with van der Waals surface area (Å²) in [4.78, 5) is 3.95. The van der Waals surface area contributed by atoms with Crippen molar-refractivity contribution in [3.63, 3.8) is 0 Å². The molecule has 1 aliphatic rings. The van der Waals surface area contributed by atoms with E-state index in [1.54, 1.807) is 12.1 Å². The van der Waals surface area contributed by atoms with Crippen molar-refractivity contribution in [2.45, 2.75) is 12.6 Å². The maximum Gasteiger partial charge on any atom is 0.390 e. The zero-order valence-electron chi connectivity index (χ0n) is 10.5. The molecule has 0 amide bonds. The Balaban J connectivity index is 1.81. The van der Waals surface area contributed by atoms with Gasteiger partial charge in [-0.05, 0) is 24.3 Å². The molecule has 6 heteroatoms. The maximum absolute atomic E-state index is 12.1. The van der Waals surface area contributed by atoms with Crippen molar-refractivity contribution in [3.8, 4) is 5.75 Å². The molecule has 2 rings (SSSR count). The first-order valence-corrected chi connectivity index (χ1v) is 6.27. The van der Waals surface area contributed by atoms with Gasteiger partial charge in [-0.15, -0.1) is 0 Å². The minimum Gasteiger partial charge on any atom is -0.508 e. The molecule has 1 heterocycles. The highest BCUT2D eigenvalue weighted by Gasteiger charge is 2.28. The van der Waals surface area contributed by atoms with Crippen LogP contribution >= 0.6 is 0 Å². The molecule has 1 N–H and O–H groups in total. The van der Waals surface area contributed by atoms with Crippen LogP contribution in [0.3, 0.4) is 0 Å². The van der Waals surface area contributed by atoms with Crippen LogP contribution in [0.5, 0.6) is 5.75 Å². The molecule has 0 unspecified atom stereocenters. The lowest BCUT2D eigenvalue weighted by molar-refractivity contribution is -0.138. The molecule has 3 nitrogen and oxygen atoms in total. The first kappa shape index (κ1) is 14.0. The van der Waals surface area contributed by atoms with Crippen molar-refractivity contribution in [2.75, 3.05) is 37.6 Å². The second-order valence-corrected chi connectivity index (χ2v) is 4.71. The van der Waals surface area contributed by atoms with Crippen LogP contribution in [0.4, 0.5) is 18.9 Å². The number of alkyl halides is 3. The van der Waals surface area contributed by atoms with Crippen LogP contribution in [0, 0.1) is 0 Å². The maximum atomic E-state index is 12.1. The average Bonchev–Trinajstić information content (AvgIpc) is 2.37. The number of aromatic hydroxyl groups is 1. The zero-order chi connectivity index (χ0) is 13.9. The normalized spacial score (nSPS) is 17.7. The van der Waals surface area contributed by atoms with Crippen molar-refractivity contribution in [3.05, 3.63) is 24.3 Å². The van der Waals surface area contributed by atoms with E-state index in [4.69, 9.17) is 0 Å². The van der Waals surface area contributed by atoms with E-state index >= 15 is 0 Å². The van der Waals surface area contributed by atoms with Gasteiger partial charge in [-0.25, -0.2) is 0 Å². The first-order chi connectivity index (χ1) is 8.94. The highest BCUT2D eigenvalue weighted by Crippen LogP contribution is 2.22. The second kappa shape index (κ2) is 5.69. The first-order valence-electron chi connectivity index (χ1n) is 6.27. The Labute approximate surface area is 110 Å². The second-order valence-electron chi connectivity index (χ2n) is 4.71. The van der Waals surface area contributed by atoms with Gasteiger partial charge < -0.3 is 10.0 Å². The molecule has 0 aliphatic carbocycles. The summed E-state index contributed by atoms with van der Waals surface area (Å²) in [6.07, 6.45) is -4.82. The summed E-state index contributed by atoms with van der Waals surface area (Å²) in [5, 5.41) is 9.21. The fourth-order valence-electron chi connectivity index (χ4n) is 2.18. The number of phenolic OH excluding ortho intramolecular Hbond substituents is 1. The van der Waals surface area contributed by atoms with Crippen molar-refractivity contribution in [2.24, 2.45) is 0 Å². The molecular weight excluding hydrogens is 257 g/mol. The van der Waals surface area contributed by atoms with Crippen LogP contribution in [0.1, 0.15) is 6.42 Å². The smallest absolute Gasteiger partial charge is 0.390 e. The minimum atomic E-state index is -4.08. The monoisotopic (exact) mass is 274 g/mol. The van der Waals surface area contributed by atoms with Crippen LogP contribution in [-0.4, -0.2) is 48.9 Å². The Morgan fingerprint density at radius 1 is 1.00 bits per heavy atom. The molecular formula is C13H17F3N2O. The third-order valence-corrected chi connectivity index (χ3v) is 3.30. The topological polar surface area (TPSA) is 26.7 Å². The molecule has 1 saturated heterocycles. The third kappa shape index (κ3) is 4.31. The van der Waals surface area contributed by atoms with Gasteiger partial charge in [-0.2, -0.15) is 13.2 Å². The van der Waals surface area contributed by atoms with Gasteiger partial charge in [0.1, 0.15) is 5.75 Å². The molecule has 0 bridgehead atoms. The van der Waals surface area contributed by atoms with Gasteiger partial charge in [0.25, 0.3) is 0 Å². The molecule has 19 heavy (non-hydrogen) atoms. The summed E-state index contributed by atoms with van der Waals surface area (Å²) >= 11 is 0. The van der Waals surface area contributed by atoms with E-state index in [0.717, 1.165) is 5.69 Å². The summed E-state index contributed by atoms with van der Waals surface area (Å²) in [6, 6.07) is 6.87. The molecule has 0 saturated carbocycles. The summed E-state index contributed by atoms with van der Waals surface area (Å²) in [5.74, 6) is 0.215. The highest BCUT2D eigenvalue weighted by molar-refractivity contribution is 5.49. The molecule has 1 aliphatic heterocycles. The number of nitrogens with zero attached hydrogens (tertiary/aromatic N) is 2. The molecule has 1 aromatic carbocycles. The number of hydrogen-bond acceptors (Lipinski definition) is 3. The van der Waals surface area contributed by atoms with Crippen LogP contribution in [0.15, 0.2) is 24.3 Å². The molecule has 0 aromatic heterocycles. The summed E-state index contributed by atoms with van der Waals surface area (Å²) in [5.41, 5.74) is 0.994. The van der Waals surface area contributed by atoms with Gasteiger partial charge in [0.15, 0.2) is 0 Å². The quantitative estimate of drug-likeness (QED) is 0.917. The molecule has 0 radical (unpaired) electrons. The predicted molar refractivity (Wildman–Crippen MR) is 67.4 cm³/mol. The van der Waals surface area contributed by atoms with E-state index in [-0.39, 0.29) is 12.3 Å². The highest BCUT2D eigenvalue weighted by atomic mass is 19.4. The average molecular weight is 274 g/mol. The van der Waals surface area contributed by atoms with Crippen molar-refractivity contribution < 1.29 is 18.3 Å². The van der Waals surface area contributed by atoms with E-state index < -0.39 is 12.6 Å². The lowest BCUT2D eigenvalue weighted by Crippen LogP contribution is -2.47. The Morgan fingerprint density at radius 2 is 1.58 bits per heavy atom. The number of phenols is 1. The van der Waals surface area contributed by atoms with Crippen molar-refractivity contribution in [1.29, 1.82) is 0 Å². The lowest BCUT2D eigenvalue weighted by atomic mass is 10.2. The Kier molecular flexibility index (Phi) is 4.19. The standard InChI is InChI=1S/C13H17F3N2O/c14-13(15,16)5-6-17-7-9-18(10-8-17)11-1-3-12(19)4-2-11/h1-4,19H,5-10H2. The Morgan fingerprint density at radius 3 is 2.11 bits per heavy atom. The molecule has 106 valence electrons. The van der Waals surface area contributed by atoms with Crippen molar-refractivity contribution >= 4 is 5.69 Å². The van der Waals surface area contributed by atoms with Crippen molar-refractivity contribution in [1.82, 2.24) is 4.90 Å². The Bertz CT molecular complexity index is 397. The molecule has 0 atom stereocenters. The van der Waals surface area contributed by atoms with E-state index in [0.29, 0.717) is 26.2 Å². The van der Waals surface area contributed by atoms with Gasteiger partial charge >= 0.3 is 6.18 Å². The zero-order valence-corrected chi connectivity index (χ0v) is 10.5. The number of anilines is 1. The summed E-state index contributed by atoms with van der Waals surface area (Å²) in [6.45, 7) is 2.77. The lowest BCUT2D eigenvalue weighted by Gasteiger charge is -2.36. The number of benzene rings is 1. The number of piperazine rings is 1. The Hall–Kier alpha value is -1.43. The number of hydrogen-bond donors (Lipinski definition) is 1. The molecule has 1 fully saturated rings. The number of halogens is 3. The summed E-state index contributed by atoms with van der Waals surface area (Å²) < 4.78 is 36.4. The fourth-order valence-corrected chi connectivity index (χ4v) is 2.18. The SMILES string of the molecule is Oc1ccc(N2CCN(CCC(F)(F)F)CC2)cc1. The van der Waals surface area contributed by atoms with Gasteiger partial charge in [0.05, 0.1) is 6.42 Å². The van der Waals surface area contributed by atoms with Crippen LogP contribution in [0.2, 0.25) is 0 Å². The minimum absolute atomic E-state index is 0.0763. The van der Waals surface area contributed by atoms with Gasteiger partial charge in [0, 0.05) is 38.4 Å². The van der Waals surface area contributed by atoms with Gasteiger partial charge in [-0.3, -0.25) is 4.90 Å². The van der Waals surface area contributed by atoms with E-state index in [2.05, 4.69) is 4.90 Å². The predicted octanol–water partition coefficient (Wildman–Crippen LogP) is 2.47. The number of rotatable bonds is 3. The van der Waals surface area contributed by atoms with E-state index in [1.165, 1.54) is 0 Å².